The minimum absolute atomic E-state index is 0.0578. The number of hydrogen-bond donors (Lipinski definition) is 4. The summed E-state index contributed by atoms with van der Waals surface area (Å²) in [5.74, 6) is 0.988. The monoisotopic (exact) mass is 327 g/mol. The number of carboxylic acid groups (broad SMARTS) is 1. The number of carbonyl (C=O) groups is 2. The van der Waals surface area contributed by atoms with E-state index in [0.29, 0.717) is 25.3 Å². The summed E-state index contributed by atoms with van der Waals surface area (Å²) < 4.78 is 0. The SMILES string of the molecule is CCN1CCN(CC(=O)NCCc2nc(N)n[nH]2)CC1.O=CO. The third kappa shape index (κ3) is 7.56. The van der Waals surface area contributed by atoms with Crippen LogP contribution in [0.5, 0.6) is 0 Å². The third-order valence-corrected chi connectivity index (χ3v) is 3.51. The molecule has 0 aromatic carbocycles. The second-order valence-electron chi connectivity index (χ2n) is 5.06. The maximum absolute atomic E-state index is 11.8. The van der Waals surface area contributed by atoms with E-state index in [1.54, 1.807) is 0 Å². The van der Waals surface area contributed by atoms with Crippen LogP contribution in [0.15, 0.2) is 0 Å². The zero-order chi connectivity index (χ0) is 17.1. The number of H-pyrrole nitrogens is 1. The van der Waals surface area contributed by atoms with Gasteiger partial charge in [0.2, 0.25) is 11.9 Å². The van der Waals surface area contributed by atoms with Gasteiger partial charge in [-0.05, 0) is 6.54 Å². The van der Waals surface area contributed by atoms with Crippen molar-refractivity contribution in [3.8, 4) is 0 Å². The molecule has 10 nitrogen and oxygen atoms in total. The summed E-state index contributed by atoms with van der Waals surface area (Å²) in [6.45, 7) is 8.01. The van der Waals surface area contributed by atoms with Gasteiger partial charge in [-0.3, -0.25) is 19.6 Å². The summed E-state index contributed by atoms with van der Waals surface area (Å²) >= 11 is 0. The lowest BCUT2D eigenvalue weighted by Gasteiger charge is -2.33. The zero-order valence-corrected chi connectivity index (χ0v) is 13.4. The highest BCUT2D eigenvalue weighted by atomic mass is 16.3. The standard InChI is InChI=1S/C12H23N7O.CH2O2/c1-2-18-5-7-19(8-6-18)9-11(20)14-4-3-10-15-12(13)17-16-10;2-1-3/h2-9H2,1H3,(H,14,20)(H3,13,15,16,17);1H,(H,2,3). The van der Waals surface area contributed by atoms with Crippen LogP contribution in [0.25, 0.3) is 0 Å². The molecular weight excluding hydrogens is 302 g/mol. The van der Waals surface area contributed by atoms with Crippen LogP contribution in [-0.2, 0) is 16.0 Å². The van der Waals surface area contributed by atoms with Crippen LogP contribution >= 0.6 is 0 Å². The Morgan fingerprint density at radius 2 is 2.00 bits per heavy atom. The van der Waals surface area contributed by atoms with Gasteiger partial charge in [-0.1, -0.05) is 6.92 Å². The van der Waals surface area contributed by atoms with Crippen molar-refractivity contribution in [1.82, 2.24) is 30.3 Å². The Hall–Kier alpha value is -2.20. The van der Waals surface area contributed by atoms with Gasteiger partial charge in [0.25, 0.3) is 6.47 Å². The first-order valence-corrected chi connectivity index (χ1v) is 7.55. The lowest BCUT2D eigenvalue weighted by Crippen LogP contribution is -2.49. The molecular formula is C13H25N7O3. The van der Waals surface area contributed by atoms with E-state index in [0.717, 1.165) is 32.7 Å². The van der Waals surface area contributed by atoms with E-state index in [-0.39, 0.29) is 18.3 Å². The second kappa shape index (κ2) is 10.5. The first kappa shape index (κ1) is 18.8. The van der Waals surface area contributed by atoms with Gasteiger partial charge in [-0.25, -0.2) is 0 Å². The van der Waals surface area contributed by atoms with E-state index in [9.17, 15) is 4.79 Å². The van der Waals surface area contributed by atoms with Crippen molar-refractivity contribution in [1.29, 1.82) is 0 Å². The van der Waals surface area contributed by atoms with Gasteiger partial charge in [0, 0.05) is 39.1 Å². The highest BCUT2D eigenvalue weighted by Crippen LogP contribution is 2.00. The molecule has 1 amide bonds. The summed E-state index contributed by atoms with van der Waals surface area (Å²) in [5, 5.41) is 16.2. The number of amides is 1. The minimum atomic E-state index is -0.250. The molecule has 0 bridgehead atoms. The topological polar surface area (TPSA) is 140 Å². The molecule has 23 heavy (non-hydrogen) atoms. The number of nitrogens with one attached hydrogen (secondary N) is 2. The molecule has 1 aliphatic rings. The Balaban J connectivity index is 0.000000816. The number of rotatable bonds is 6. The largest absolute Gasteiger partial charge is 0.483 e. The number of hydrogen-bond acceptors (Lipinski definition) is 7. The molecule has 2 heterocycles. The van der Waals surface area contributed by atoms with E-state index in [2.05, 4.69) is 37.2 Å². The smallest absolute Gasteiger partial charge is 0.290 e. The number of nitrogens with two attached hydrogens (primary N) is 1. The van der Waals surface area contributed by atoms with E-state index in [4.69, 9.17) is 15.6 Å². The lowest BCUT2D eigenvalue weighted by atomic mass is 10.3. The molecule has 0 atom stereocenters. The van der Waals surface area contributed by atoms with Crippen molar-refractivity contribution < 1.29 is 14.7 Å². The number of anilines is 1. The summed E-state index contributed by atoms with van der Waals surface area (Å²) in [5.41, 5.74) is 5.41. The van der Waals surface area contributed by atoms with Crippen molar-refractivity contribution in [3.05, 3.63) is 5.82 Å². The normalized spacial score (nSPS) is 15.5. The fraction of sp³-hybridized carbons (Fsp3) is 0.692. The molecule has 1 aromatic heterocycles. The maximum Gasteiger partial charge on any atom is 0.290 e. The highest BCUT2D eigenvalue weighted by Gasteiger charge is 2.17. The molecule has 0 saturated carbocycles. The molecule has 0 unspecified atom stereocenters. The first-order chi connectivity index (χ1) is 11.1. The van der Waals surface area contributed by atoms with Gasteiger partial charge in [-0.2, -0.15) is 4.98 Å². The lowest BCUT2D eigenvalue weighted by molar-refractivity contribution is -0.123. The quantitative estimate of drug-likeness (QED) is 0.457. The van der Waals surface area contributed by atoms with Gasteiger partial charge < -0.3 is 21.1 Å². The van der Waals surface area contributed by atoms with E-state index < -0.39 is 0 Å². The number of carbonyl (C=O) groups excluding carboxylic acids is 1. The Bertz CT molecular complexity index is 472. The number of piperazine rings is 1. The Labute approximate surface area is 135 Å². The number of nitrogens with zero attached hydrogens (tertiary/aromatic N) is 4. The molecule has 1 aromatic rings. The average molecular weight is 327 g/mol. The van der Waals surface area contributed by atoms with E-state index in [1.165, 1.54) is 0 Å². The van der Waals surface area contributed by atoms with Gasteiger partial charge in [-0.15, -0.1) is 5.10 Å². The molecule has 130 valence electrons. The number of aromatic nitrogens is 3. The van der Waals surface area contributed by atoms with Crippen LogP contribution in [0.4, 0.5) is 5.95 Å². The summed E-state index contributed by atoms with van der Waals surface area (Å²) in [7, 11) is 0. The van der Waals surface area contributed by atoms with Crippen molar-refractivity contribution in [3.63, 3.8) is 0 Å². The first-order valence-electron chi connectivity index (χ1n) is 7.55. The summed E-state index contributed by atoms with van der Waals surface area (Å²) in [6.07, 6.45) is 0.611. The minimum Gasteiger partial charge on any atom is -0.483 e. The molecule has 2 rings (SSSR count). The molecule has 5 N–H and O–H groups in total. The zero-order valence-electron chi connectivity index (χ0n) is 13.4. The third-order valence-electron chi connectivity index (χ3n) is 3.51. The Morgan fingerprint density at radius 3 is 2.52 bits per heavy atom. The molecule has 0 aliphatic carbocycles. The van der Waals surface area contributed by atoms with Crippen molar-refractivity contribution in [2.24, 2.45) is 0 Å². The van der Waals surface area contributed by atoms with Crippen LogP contribution in [0, 0.1) is 0 Å². The van der Waals surface area contributed by atoms with Crippen LogP contribution in [0.2, 0.25) is 0 Å². The van der Waals surface area contributed by atoms with Gasteiger partial charge in [0.1, 0.15) is 5.82 Å². The van der Waals surface area contributed by atoms with Crippen molar-refractivity contribution in [2.45, 2.75) is 13.3 Å². The van der Waals surface area contributed by atoms with E-state index in [1.807, 2.05) is 0 Å². The molecule has 0 spiro atoms. The second-order valence-corrected chi connectivity index (χ2v) is 5.06. The maximum atomic E-state index is 11.8. The van der Waals surface area contributed by atoms with E-state index >= 15 is 0 Å². The highest BCUT2D eigenvalue weighted by molar-refractivity contribution is 5.78. The predicted octanol–water partition coefficient (Wildman–Crippen LogP) is -1.62. The fourth-order valence-corrected chi connectivity index (χ4v) is 2.26. The van der Waals surface area contributed by atoms with Gasteiger partial charge in [0.05, 0.1) is 6.54 Å². The van der Waals surface area contributed by atoms with Crippen LogP contribution in [-0.4, -0.2) is 88.3 Å². The number of nitrogen functional groups attached to an aromatic ring is 1. The molecule has 10 heteroatoms. The summed E-state index contributed by atoms with van der Waals surface area (Å²) in [4.78, 5) is 28.7. The van der Waals surface area contributed by atoms with Gasteiger partial charge in [0.15, 0.2) is 0 Å². The molecule has 1 saturated heterocycles. The van der Waals surface area contributed by atoms with Crippen LogP contribution < -0.4 is 11.1 Å². The predicted molar refractivity (Wildman–Crippen MR) is 84.8 cm³/mol. The number of aromatic amines is 1. The summed E-state index contributed by atoms with van der Waals surface area (Å²) in [6, 6.07) is 0. The average Bonchev–Trinajstić information content (AvgIpc) is 2.94. The molecule has 1 fully saturated rings. The van der Waals surface area contributed by atoms with Crippen molar-refractivity contribution in [2.75, 3.05) is 51.5 Å². The van der Waals surface area contributed by atoms with Gasteiger partial charge >= 0.3 is 0 Å². The fourth-order valence-electron chi connectivity index (χ4n) is 2.26. The molecule has 1 aliphatic heterocycles. The van der Waals surface area contributed by atoms with Crippen molar-refractivity contribution >= 4 is 18.3 Å². The Kier molecular flexibility index (Phi) is 8.62. The molecule has 0 radical (unpaired) electrons. The number of likely N-dealkylation sites (N-methyl/N-ethyl adjacent to an activating group) is 1. The Morgan fingerprint density at radius 1 is 1.39 bits per heavy atom. The van der Waals surface area contributed by atoms with Crippen LogP contribution in [0.3, 0.4) is 0 Å². The van der Waals surface area contributed by atoms with Crippen LogP contribution in [0.1, 0.15) is 12.7 Å².